The van der Waals surface area contributed by atoms with Gasteiger partial charge in [0.15, 0.2) is 29.7 Å². The molecule has 1 aromatic carbocycles. The summed E-state index contributed by atoms with van der Waals surface area (Å²) in [5.74, 6) is -3.30. The number of Topliss-reactive ketones (excluding diaryl/α,β-unsaturated/α-hetero) is 1. The topological polar surface area (TPSA) is 183 Å². The Balaban J connectivity index is 1.25. The molecule has 1 N–H and O–H groups in total. The lowest BCUT2D eigenvalue weighted by Crippen LogP contribution is -2.59. The van der Waals surface area contributed by atoms with E-state index in [0.717, 1.165) is 37.8 Å². The predicted octanol–water partition coefficient (Wildman–Crippen LogP) is 10.1. The minimum absolute atomic E-state index is 0.0768. The number of nitrogens with zero attached hydrogens (tertiary/aromatic N) is 3. The van der Waals surface area contributed by atoms with Crippen molar-refractivity contribution in [2.45, 2.75) is 217 Å². The number of methoxy groups -OCH3 is 3. The molecule has 80 heavy (non-hydrogen) atoms. The fraction of sp³-hybridized carbons (Fsp3) is 0.767. The van der Waals surface area contributed by atoms with Gasteiger partial charge in [-0.05, 0) is 113 Å². The van der Waals surface area contributed by atoms with Crippen LogP contribution in [0.1, 0.15) is 133 Å². The van der Waals surface area contributed by atoms with E-state index in [1.807, 2.05) is 80.8 Å². The molecular formula is C60H91Cl2N3O14S. The van der Waals surface area contributed by atoms with Crippen LogP contribution in [0, 0.1) is 29.6 Å². The molecule has 1 aromatic heterocycles. The number of halogens is 2. The highest BCUT2D eigenvalue weighted by atomic mass is 35.5. The molecule has 450 valence electrons. The number of rotatable bonds is 18. The molecule has 0 unspecified atom stereocenters. The molecular weight excluding hydrogens is 1090 g/mol. The second-order valence-electron chi connectivity index (χ2n) is 24.1. The number of aliphatic hydroxyl groups is 1. The molecule has 2 aromatic rings. The molecule has 5 heterocycles. The first-order chi connectivity index (χ1) is 37.8. The monoisotopic (exact) mass is 1180 g/mol. The zero-order chi connectivity index (χ0) is 58.6. The van der Waals surface area contributed by atoms with Crippen LogP contribution >= 0.6 is 35.0 Å². The number of pyridine rings is 1. The second-order valence-corrected chi connectivity index (χ2v) is 26.2. The number of fused-ring (bicyclic) bond motifs is 1. The van der Waals surface area contributed by atoms with E-state index in [1.165, 1.54) is 11.8 Å². The first kappa shape index (κ1) is 64.5. The lowest BCUT2D eigenvalue weighted by molar-refractivity contribution is -0.309. The summed E-state index contributed by atoms with van der Waals surface area (Å²) in [4.78, 5) is 53.9. The number of ketones is 1. The van der Waals surface area contributed by atoms with Gasteiger partial charge in [-0.15, -0.1) is 11.8 Å². The van der Waals surface area contributed by atoms with Gasteiger partial charge < -0.3 is 62.3 Å². The molecule has 4 saturated heterocycles. The highest BCUT2D eigenvalue weighted by Crippen LogP contribution is 2.50. The lowest BCUT2D eigenvalue weighted by Gasteiger charge is -2.49. The smallest absolute Gasteiger partial charge is 0.320 e. The van der Waals surface area contributed by atoms with Crippen LogP contribution in [0.3, 0.4) is 0 Å². The Labute approximate surface area is 489 Å². The number of ether oxygens (including phenoxy) is 10. The van der Waals surface area contributed by atoms with Gasteiger partial charge >= 0.3 is 11.9 Å². The minimum Gasteiger partial charge on any atom is -0.493 e. The molecule has 0 bridgehead atoms. The van der Waals surface area contributed by atoms with Crippen molar-refractivity contribution in [1.29, 1.82) is 0 Å². The van der Waals surface area contributed by atoms with E-state index in [2.05, 4.69) is 14.8 Å². The van der Waals surface area contributed by atoms with E-state index in [4.69, 9.17) is 70.6 Å². The Morgan fingerprint density at radius 3 is 2.14 bits per heavy atom. The molecule has 0 amide bonds. The summed E-state index contributed by atoms with van der Waals surface area (Å²) in [7, 11) is 8.86. The van der Waals surface area contributed by atoms with Crippen molar-refractivity contribution in [3.8, 4) is 11.5 Å². The number of aromatic nitrogens is 1. The molecule has 0 radical (unpaired) electrons. The van der Waals surface area contributed by atoms with Gasteiger partial charge in [-0.3, -0.25) is 19.4 Å². The second kappa shape index (κ2) is 27.4. The summed E-state index contributed by atoms with van der Waals surface area (Å²) in [6.45, 7) is 19.4. The van der Waals surface area contributed by atoms with Gasteiger partial charge in [0.25, 0.3) is 0 Å². The number of benzene rings is 1. The van der Waals surface area contributed by atoms with Gasteiger partial charge in [0, 0.05) is 105 Å². The molecule has 1 aliphatic carbocycles. The average Bonchev–Trinajstić information content (AvgIpc) is 4.22. The highest BCUT2D eigenvalue weighted by molar-refractivity contribution is 8.00. The summed E-state index contributed by atoms with van der Waals surface area (Å²) < 4.78 is 65.1. The predicted molar refractivity (Wildman–Crippen MR) is 308 cm³/mol. The molecule has 7 rings (SSSR count). The minimum atomic E-state index is -1.44. The van der Waals surface area contributed by atoms with E-state index < -0.39 is 107 Å². The maximum atomic E-state index is 15.5. The molecule has 5 fully saturated rings. The van der Waals surface area contributed by atoms with Crippen LogP contribution < -0.4 is 14.4 Å². The Hall–Kier alpha value is -3.01. The van der Waals surface area contributed by atoms with Crippen molar-refractivity contribution in [2.75, 3.05) is 52.6 Å². The molecule has 17 nitrogen and oxygen atoms in total. The molecule has 20 heteroatoms. The number of anilines is 1. The highest BCUT2D eigenvalue weighted by Gasteiger charge is 2.62. The zero-order valence-corrected chi connectivity index (χ0v) is 52.2. The van der Waals surface area contributed by atoms with E-state index in [0.29, 0.717) is 52.4 Å². The first-order valence-electron chi connectivity index (χ1n) is 28.8. The normalized spacial score (nSPS) is 37.7. The Bertz CT molecular complexity index is 2400. The van der Waals surface area contributed by atoms with Gasteiger partial charge in [0.2, 0.25) is 0 Å². The standard InChI is InChI=1S/C60H91Cl2N3O14S/c1-16-47-60(10)50(53(57(69)79-60)80-24-23-65(32-42-43(61)30-63-31-44(42)62)39-21-22-45(70-13)46(26-39)75-41-19-17-18-20-41)35(4)51(66)33(2)28-59(9,72-15)55(78-48-27-40(64(11)12)25-34(3)73-48)36(5)52(37(6)56(68)76-47)77-49-29-58(8,71-14)54(67)38(7)74-49/h21-22,26,30-31,33-38,40-41,47-50,52-55,67H,16-20,23-25,27-29,32H2,1-15H3/t33-,34-,35-,36+,37-,38+,40+,47-,48+,49+,50+,52+,53+,54+,55-,58-,59-,60-/m1/s1. The van der Waals surface area contributed by atoms with Crippen LogP contribution in [0.5, 0.6) is 11.5 Å². The van der Waals surface area contributed by atoms with Crippen molar-refractivity contribution in [1.82, 2.24) is 9.88 Å². The van der Waals surface area contributed by atoms with E-state index in [9.17, 15) is 9.90 Å². The summed E-state index contributed by atoms with van der Waals surface area (Å²) in [6.07, 6.45) is 3.20. The van der Waals surface area contributed by atoms with Gasteiger partial charge in [-0.25, -0.2) is 0 Å². The summed E-state index contributed by atoms with van der Waals surface area (Å²) in [5.41, 5.74) is -2.15. The molecule has 5 aliphatic rings. The Kier molecular flexibility index (Phi) is 22.1. The quantitative estimate of drug-likeness (QED) is 0.139. The molecule has 18 atom stereocenters. The fourth-order valence-corrected chi connectivity index (χ4v) is 15.3. The van der Waals surface area contributed by atoms with Crippen molar-refractivity contribution in [3.63, 3.8) is 0 Å². The number of esters is 2. The number of carbonyl (C=O) groups is 3. The average molecular weight is 1180 g/mol. The van der Waals surface area contributed by atoms with Crippen molar-refractivity contribution in [3.05, 3.63) is 46.2 Å². The molecule has 4 aliphatic heterocycles. The lowest BCUT2D eigenvalue weighted by atomic mass is 9.70. The number of carbonyl (C=O) groups excluding carboxylic acids is 3. The van der Waals surface area contributed by atoms with Gasteiger partial charge in [0.1, 0.15) is 23.2 Å². The largest absolute Gasteiger partial charge is 0.493 e. The number of aliphatic hydroxyl groups excluding tert-OH is 1. The van der Waals surface area contributed by atoms with Crippen molar-refractivity contribution >= 4 is 58.4 Å². The fourth-order valence-electron chi connectivity index (χ4n) is 13.4. The third-order valence-electron chi connectivity index (χ3n) is 18.3. The SMILES string of the molecule is CC[C@H]1OC(=O)[C@H](C)[C@@H](O[C@H]2C[C@@](C)(OC)[C@@H](O)[C@H](C)O2)[C@H](C)[C@@H](O[C@H]2C[C@@H](N(C)C)C[C@@H](C)O2)[C@](C)(OC)C[C@@H](C)C(=O)[C@H](C)[C@H]2[C@H](SCCN(Cc3c(Cl)cncc3Cl)c3ccc(OC)c(OC4CCCC4)c3)C(=O)O[C@@]21C. The maximum Gasteiger partial charge on any atom is 0.320 e. The van der Waals surface area contributed by atoms with Crippen LogP contribution in [0.2, 0.25) is 10.0 Å². The molecule has 1 saturated carbocycles. The zero-order valence-electron chi connectivity index (χ0n) is 49.9. The number of cyclic esters (lactones) is 1. The maximum absolute atomic E-state index is 15.5. The van der Waals surface area contributed by atoms with Crippen molar-refractivity contribution < 1.29 is 66.9 Å². The van der Waals surface area contributed by atoms with Crippen LogP contribution in [-0.2, 0) is 58.8 Å². The summed E-state index contributed by atoms with van der Waals surface area (Å²) in [6, 6.07) is 5.98. The third-order valence-corrected chi connectivity index (χ3v) is 20.2. The number of hydrogen-bond donors (Lipinski definition) is 1. The third kappa shape index (κ3) is 14.2. The Morgan fingerprint density at radius 1 is 0.838 bits per heavy atom. The van der Waals surface area contributed by atoms with Crippen LogP contribution in [0.15, 0.2) is 30.6 Å². The summed E-state index contributed by atoms with van der Waals surface area (Å²) >= 11 is 14.9. The van der Waals surface area contributed by atoms with Gasteiger partial charge in [-0.1, -0.05) is 50.9 Å². The number of hydrogen-bond acceptors (Lipinski definition) is 18. The van der Waals surface area contributed by atoms with Gasteiger partial charge in [0.05, 0.1) is 64.8 Å². The van der Waals surface area contributed by atoms with Gasteiger partial charge in [-0.2, -0.15) is 0 Å². The Morgan fingerprint density at radius 2 is 1.51 bits per heavy atom. The van der Waals surface area contributed by atoms with E-state index >= 15 is 9.59 Å². The van der Waals surface area contributed by atoms with E-state index in [1.54, 1.807) is 54.5 Å². The first-order valence-corrected chi connectivity index (χ1v) is 30.6. The van der Waals surface area contributed by atoms with E-state index in [-0.39, 0.29) is 43.3 Å². The number of thioether (sulfide) groups is 1. The van der Waals surface area contributed by atoms with Crippen molar-refractivity contribution in [2.24, 2.45) is 29.6 Å². The van der Waals surface area contributed by atoms with Crippen LogP contribution in [-0.4, -0.2) is 164 Å². The van der Waals surface area contributed by atoms with Crippen LogP contribution in [0.4, 0.5) is 5.69 Å². The molecule has 0 spiro atoms. The summed E-state index contributed by atoms with van der Waals surface area (Å²) in [5, 5.41) is 11.2. The van der Waals surface area contributed by atoms with Crippen LogP contribution in [0.25, 0.3) is 0 Å².